The normalized spacial score (nSPS) is 14.5. The second-order valence-corrected chi connectivity index (χ2v) is 7.33. The first-order valence-corrected chi connectivity index (χ1v) is 8.29. The maximum atomic E-state index is 12.2. The molecule has 0 saturated heterocycles. The van der Waals surface area contributed by atoms with E-state index in [9.17, 15) is 4.79 Å². The van der Waals surface area contributed by atoms with Crippen LogP contribution < -0.4 is 10.6 Å². The largest absolute Gasteiger partial charge is 0.348 e. The third-order valence-electron chi connectivity index (χ3n) is 4.54. The Kier molecular flexibility index (Phi) is 5.42. The molecule has 0 aliphatic heterocycles. The van der Waals surface area contributed by atoms with Gasteiger partial charge < -0.3 is 10.6 Å². The van der Waals surface area contributed by atoms with Gasteiger partial charge in [0.25, 0.3) is 0 Å². The van der Waals surface area contributed by atoms with Crippen molar-refractivity contribution >= 4 is 16.7 Å². The average Bonchev–Trinajstić information content (AvgIpc) is 2.51. The molecule has 0 unspecified atom stereocenters. The van der Waals surface area contributed by atoms with Gasteiger partial charge in [-0.05, 0) is 35.6 Å². The molecule has 0 fully saturated rings. The summed E-state index contributed by atoms with van der Waals surface area (Å²) in [4.78, 5) is 12.2. The van der Waals surface area contributed by atoms with Crippen molar-refractivity contribution in [2.75, 3.05) is 6.54 Å². The van der Waals surface area contributed by atoms with Crippen LogP contribution in [0.25, 0.3) is 10.8 Å². The third-order valence-corrected chi connectivity index (χ3v) is 4.54. The molecule has 3 heteroatoms. The smallest absolute Gasteiger partial charge is 0.234 e. The van der Waals surface area contributed by atoms with E-state index in [2.05, 4.69) is 62.6 Å². The van der Waals surface area contributed by atoms with Crippen LogP contribution in [0.2, 0.25) is 0 Å². The Balaban J connectivity index is 2.01. The summed E-state index contributed by atoms with van der Waals surface area (Å²) in [5.41, 5.74) is 1.29. The van der Waals surface area contributed by atoms with E-state index in [0.717, 1.165) is 5.56 Å². The van der Waals surface area contributed by atoms with Crippen molar-refractivity contribution in [3.05, 3.63) is 48.0 Å². The van der Waals surface area contributed by atoms with Gasteiger partial charge in [-0.2, -0.15) is 0 Å². The summed E-state index contributed by atoms with van der Waals surface area (Å²) in [6, 6.07) is 14.8. The Labute approximate surface area is 139 Å². The number of amides is 1. The van der Waals surface area contributed by atoms with Crippen molar-refractivity contribution < 1.29 is 4.79 Å². The fourth-order valence-electron chi connectivity index (χ4n) is 2.55. The number of fused-ring (bicyclic) bond motifs is 1. The van der Waals surface area contributed by atoms with Crippen molar-refractivity contribution in [2.45, 2.75) is 46.7 Å². The standard InChI is InChI=1S/C20H28N2O/c1-14(22-19(23)13-21-15(2)20(3,4)5)17-12-8-10-16-9-6-7-11-18(16)17/h6-12,14-15,21H,13H2,1-5H3,(H,22,23)/t14-,15+/m1/s1. The van der Waals surface area contributed by atoms with Crippen LogP contribution in [0.4, 0.5) is 0 Å². The molecular formula is C20H28N2O. The monoisotopic (exact) mass is 312 g/mol. The van der Waals surface area contributed by atoms with Gasteiger partial charge in [-0.3, -0.25) is 4.79 Å². The zero-order chi connectivity index (χ0) is 17.0. The van der Waals surface area contributed by atoms with Crippen LogP contribution in [0.3, 0.4) is 0 Å². The molecular weight excluding hydrogens is 284 g/mol. The molecule has 124 valence electrons. The van der Waals surface area contributed by atoms with E-state index in [-0.39, 0.29) is 23.4 Å². The van der Waals surface area contributed by atoms with Gasteiger partial charge in [0, 0.05) is 6.04 Å². The predicted octanol–water partition coefficient (Wildman–Crippen LogP) is 4.04. The molecule has 0 heterocycles. The molecule has 0 saturated carbocycles. The van der Waals surface area contributed by atoms with Gasteiger partial charge in [-0.1, -0.05) is 63.2 Å². The number of nitrogens with one attached hydrogen (secondary N) is 2. The van der Waals surface area contributed by atoms with Gasteiger partial charge in [-0.25, -0.2) is 0 Å². The number of hydrogen-bond acceptors (Lipinski definition) is 2. The van der Waals surface area contributed by atoms with Crippen LogP contribution in [0, 0.1) is 5.41 Å². The number of rotatable bonds is 5. The predicted molar refractivity (Wildman–Crippen MR) is 97.4 cm³/mol. The fourth-order valence-corrected chi connectivity index (χ4v) is 2.55. The van der Waals surface area contributed by atoms with E-state index in [4.69, 9.17) is 0 Å². The molecule has 2 atom stereocenters. The van der Waals surface area contributed by atoms with Crippen LogP contribution in [0.5, 0.6) is 0 Å². The molecule has 0 aliphatic rings. The Morgan fingerprint density at radius 2 is 1.70 bits per heavy atom. The molecule has 2 rings (SSSR count). The van der Waals surface area contributed by atoms with Crippen molar-refractivity contribution in [1.82, 2.24) is 10.6 Å². The molecule has 0 bridgehead atoms. The summed E-state index contributed by atoms with van der Waals surface area (Å²) in [5.74, 6) is 0.0292. The highest BCUT2D eigenvalue weighted by Crippen LogP contribution is 2.24. The van der Waals surface area contributed by atoms with Crippen molar-refractivity contribution in [3.8, 4) is 0 Å². The number of carbonyl (C=O) groups is 1. The van der Waals surface area contributed by atoms with Gasteiger partial charge in [0.15, 0.2) is 0 Å². The molecule has 2 aromatic rings. The van der Waals surface area contributed by atoms with Crippen LogP contribution in [-0.2, 0) is 4.79 Å². The van der Waals surface area contributed by atoms with Crippen LogP contribution in [-0.4, -0.2) is 18.5 Å². The lowest BCUT2D eigenvalue weighted by atomic mass is 9.88. The second kappa shape index (κ2) is 7.14. The minimum atomic E-state index is -0.0136. The van der Waals surface area contributed by atoms with E-state index < -0.39 is 0 Å². The lowest BCUT2D eigenvalue weighted by molar-refractivity contribution is -0.121. The lowest BCUT2D eigenvalue weighted by Gasteiger charge is -2.28. The molecule has 0 aliphatic carbocycles. The molecule has 0 spiro atoms. The van der Waals surface area contributed by atoms with Gasteiger partial charge in [0.2, 0.25) is 5.91 Å². The summed E-state index contributed by atoms with van der Waals surface area (Å²) in [7, 11) is 0. The molecule has 23 heavy (non-hydrogen) atoms. The summed E-state index contributed by atoms with van der Waals surface area (Å²) in [6.45, 7) is 11.0. The molecule has 3 nitrogen and oxygen atoms in total. The topological polar surface area (TPSA) is 41.1 Å². The molecule has 0 radical (unpaired) electrons. The van der Waals surface area contributed by atoms with Gasteiger partial charge in [0.1, 0.15) is 0 Å². The minimum Gasteiger partial charge on any atom is -0.348 e. The third kappa shape index (κ3) is 4.55. The van der Waals surface area contributed by atoms with Gasteiger partial charge in [0.05, 0.1) is 12.6 Å². The highest BCUT2D eigenvalue weighted by atomic mass is 16.1. The zero-order valence-corrected chi connectivity index (χ0v) is 14.8. The zero-order valence-electron chi connectivity index (χ0n) is 14.8. The van der Waals surface area contributed by atoms with Gasteiger partial charge in [-0.15, -0.1) is 0 Å². The Morgan fingerprint density at radius 1 is 1.04 bits per heavy atom. The highest BCUT2D eigenvalue weighted by molar-refractivity contribution is 5.87. The fraction of sp³-hybridized carbons (Fsp3) is 0.450. The maximum Gasteiger partial charge on any atom is 0.234 e. The summed E-state index contributed by atoms with van der Waals surface area (Å²) in [5, 5.41) is 8.79. The highest BCUT2D eigenvalue weighted by Gasteiger charge is 2.20. The molecule has 0 aromatic heterocycles. The van der Waals surface area contributed by atoms with Crippen LogP contribution in [0.15, 0.2) is 42.5 Å². The summed E-state index contributed by atoms with van der Waals surface area (Å²) in [6.07, 6.45) is 0. The Hall–Kier alpha value is -1.87. The molecule has 2 N–H and O–H groups in total. The maximum absolute atomic E-state index is 12.2. The second-order valence-electron chi connectivity index (χ2n) is 7.33. The molecule has 2 aromatic carbocycles. The molecule has 1 amide bonds. The van der Waals surface area contributed by atoms with Gasteiger partial charge >= 0.3 is 0 Å². The number of hydrogen-bond donors (Lipinski definition) is 2. The minimum absolute atomic E-state index is 0.0136. The quantitative estimate of drug-likeness (QED) is 0.875. The van der Waals surface area contributed by atoms with Crippen LogP contribution >= 0.6 is 0 Å². The first-order valence-electron chi connectivity index (χ1n) is 8.29. The van der Waals surface area contributed by atoms with Crippen molar-refractivity contribution in [1.29, 1.82) is 0 Å². The van der Waals surface area contributed by atoms with E-state index >= 15 is 0 Å². The van der Waals surface area contributed by atoms with Crippen LogP contribution in [0.1, 0.15) is 46.2 Å². The number of carbonyl (C=O) groups excluding carboxylic acids is 1. The number of benzene rings is 2. The summed E-state index contributed by atoms with van der Waals surface area (Å²) >= 11 is 0. The Morgan fingerprint density at radius 3 is 2.39 bits per heavy atom. The van der Waals surface area contributed by atoms with Crippen molar-refractivity contribution in [3.63, 3.8) is 0 Å². The summed E-state index contributed by atoms with van der Waals surface area (Å²) < 4.78 is 0. The van der Waals surface area contributed by atoms with E-state index in [0.29, 0.717) is 6.54 Å². The van der Waals surface area contributed by atoms with E-state index in [1.807, 2.05) is 25.1 Å². The first-order chi connectivity index (χ1) is 10.8. The van der Waals surface area contributed by atoms with E-state index in [1.54, 1.807) is 0 Å². The SMILES string of the molecule is C[C@H](NCC(=O)N[C@H](C)c1cccc2ccccc12)C(C)(C)C. The average molecular weight is 312 g/mol. The van der Waals surface area contributed by atoms with Crippen molar-refractivity contribution in [2.24, 2.45) is 5.41 Å². The van der Waals surface area contributed by atoms with E-state index in [1.165, 1.54) is 10.8 Å². The Bertz CT molecular complexity index is 667. The first kappa shape index (κ1) is 17.5. The lowest BCUT2D eigenvalue weighted by Crippen LogP contribution is -2.43.